The highest BCUT2D eigenvalue weighted by molar-refractivity contribution is 6.33. The third-order valence-electron chi connectivity index (χ3n) is 8.77. The monoisotopic (exact) mass is 662 g/mol. The molecule has 7 rings (SSSR count). The number of nitrogens with one attached hydrogen (secondary N) is 1. The summed E-state index contributed by atoms with van der Waals surface area (Å²) in [7, 11) is 0. The number of fused-ring (bicyclic) bond motifs is 3. The Hall–Kier alpha value is -3.01. The molecule has 2 saturated heterocycles. The molecule has 0 amide bonds. The van der Waals surface area contributed by atoms with Crippen molar-refractivity contribution >= 4 is 57.4 Å². The second-order valence-electron chi connectivity index (χ2n) is 12.8. The number of hydrogen-bond acceptors (Lipinski definition) is 13. The van der Waals surface area contributed by atoms with Crippen LogP contribution in [-0.4, -0.2) is 83.1 Å². The van der Waals surface area contributed by atoms with E-state index in [0.29, 0.717) is 35.0 Å². The van der Waals surface area contributed by atoms with Gasteiger partial charge >= 0.3 is 0 Å². The van der Waals surface area contributed by atoms with Gasteiger partial charge in [-0.1, -0.05) is 23.2 Å². The Balaban J connectivity index is 0.000000159. The van der Waals surface area contributed by atoms with Crippen LogP contribution >= 0.6 is 23.2 Å². The standard InChI is InChI=1S/C15H17ClN4O3.C14H19ClN4O3/c1-7(21)8-4-9(12-11(8)22-15(2,3)23-12)20-6-19-10-13(16)17-5-18-14(10)20;1-6(20)7-4-8(11-10(7)21-14(2,3)22-11)19-13-9(16)12(15)17-5-18-13/h5-6,8-9,11-12H,4H2,1-3H3;5,7-8,10-11H,4,16H2,1-3H3,(H,17,18,19)/t8-,9-,11-,12+;7-,8-,10-,11+/m11/s1. The highest BCUT2D eigenvalue weighted by Gasteiger charge is 2.57. The minimum atomic E-state index is -0.710. The van der Waals surface area contributed by atoms with Crippen molar-refractivity contribution in [2.75, 3.05) is 11.1 Å². The molecule has 4 aliphatic rings. The second-order valence-corrected chi connectivity index (χ2v) is 13.5. The predicted molar refractivity (Wildman–Crippen MR) is 163 cm³/mol. The summed E-state index contributed by atoms with van der Waals surface area (Å²) in [6, 6.07) is -0.208. The van der Waals surface area contributed by atoms with E-state index in [-0.39, 0.29) is 70.7 Å². The number of Topliss-reactive ketones (excluding diaryl/α,β-unsaturated/α-hetero) is 2. The van der Waals surface area contributed by atoms with Gasteiger partial charge in [-0.15, -0.1) is 0 Å². The minimum Gasteiger partial charge on any atom is -0.393 e. The zero-order valence-corrected chi connectivity index (χ0v) is 27.2. The maximum absolute atomic E-state index is 12.0. The van der Waals surface area contributed by atoms with Gasteiger partial charge in [0, 0.05) is 11.8 Å². The van der Waals surface area contributed by atoms with E-state index < -0.39 is 11.6 Å². The van der Waals surface area contributed by atoms with Crippen LogP contribution in [-0.2, 0) is 28.5 Å². The fourth-order valence-corrected chi connectivity index (χ4v) is 7.18. The van der Waals surface area contributed by atoms with Gasteiger partial charge < -0.3 is 34.6 Å². The molecule has 4 fully saturated rings. The van der Waals surface area contributed by atoms with Gasteiger partial charge in [0.1, 0.15) is 47.6 Å². The molecule has 2 aliphatic heterocycles. The quantitative estimate of drug-likeness (QED) is 0.377. The maximum atomic E-state index is 12.0. The number of carbonyl (C=O) groups excluding carboxylic acids is 2. The number of nitrogens with two attached hydrogens (primary N) is 1. The smallest absolute Gasteiger partial charge is 0.165 e. The molecule has 3 aromatic rings. The molecule has 8 atom stereocenters. The number of rotatable bonds is 5. The first-order valence-electron chi connectivity index (χ1n) is 14.7. The summed E-state index contributed by atoms with van der Waals surface area (Å²) in [6.45, 7) is 10.6. The van der Waals surface area contributed by atoms with Crippen LogP contribution in [0.4, 0.5) is 11.5 Å². The number of halogens is 2. The Morgan fingerprint density at radius 3 is 2.04 bits per heavy atom. The van der Waals surface area contributed by atoms with Crippen molar-refractivity contribution in [1.29, 1.82) is 0 Å². The van der Waals surface area contributed by atoms with Gasteiger partial charge in [0.2, 0.25) is 0 Å². The van der Waals surface area contributed by atoms with E-state index in [4.69, 9.17) is 47.9 Å². The van der Waals surface area contributed by atoms with Crippen molar-refractivity contribution in [3.05, 3.63) is 29.3 Å². The van der Waals surface area contributed by atoms with E-state index >= 15 is 0 Å². The van der Waals surface area contributed by atoms with Gasteiger partial charge in [0.05, 0.1) is 30.6 Å². The first kappa shape index (κ1) is 32.0. The summed E-state index contributed by atoms with van der Waals surface area (Å²) in [4.78, 5) is 44.4. The normalized spacial score (nSPS) is 32.5. The number of carbonyl (C=O) groups is 2. The predicted octanol–water partition coefficient (Wildman–Crippen LogP) is 3.77. The van der Waals surface area contributed by atoms with Gasteiger partial charge in [0.15, 0.2) is 33.3 Å². The van der Waals surface area contributed by atoms with E-state index in [1.54, 1.807) is 20.2 Å². The topological polar surface area (TPSA) is 178 Å². The second kappa shape index (κ2) is 11.7. The first-order chi connectivity index (χ1) is 21.2. The lowest BCUT2D eigenvalue weighted by Gasteiger charge is -2.24. The number of imidazole rings is 1. The van der Waals surface area contributed by atoms with E-state index in [0.717, 1.165) is 0 Å². The van der Waals surface area contributed by atoms with Crippen molar-refractivity contribution in [2.45, 2.75) is 102 Å². The molecule has 0 spiro atoms. The molecule has 45 heavy (non-hydrogen) atoms. The van der Waals surface area contributed by atoms with Crippen molar-refractivity contribution in [3.8, 4) is 0 Å². The number of anilines is 2. The Morgan fingerprint density at radius 2 is 1.38 bits per heavy atom. The molecule has 0 radical (unpaired) electrons. The molecule has 0 unspecified atom stereocenters. The summed E-state index contributed by atoms with van der Waals surface area (Å²) >= 11 is 12.0. The van der Waals surface area contributed by atoms with Gasteiger partial charge in [-0.2, -0.15) is 0 Å². The van der Waals surface area contributed by atoms with Crippen LogP contribution in [0.25, 0.3) is 11.2 Å². The molecule has 3 N–H and O–H groups in total. The van der Waals surface area contributed by atoms with Crippen LogP contribution in [0.3, 0.4) is 0 Å². The molecule has 3 aromatic heterocycles. The Kier molecular flexibility index (Phi) is 8.28. The Morgan fingerprint density at radius 1 is 0.822 bits per heavy atom. The molecule has 242 valence electrons. The van der Waals surface area contributed by atoms with Crippen LogP contribution in [0.2, 0.25) is 10.3 Å². The number of ether oxygens (including phenoxy) is 4. The van der Waals surface area contributed by atoms with Gasteiger partial charge in [0.25, 0.3) is 0 Å². The van der Waals surface area contributed by atoms with Crippen molar-refractivity contribution in [2.24, 2.45) is 11.8 Å². The third-order valence-corrected chi connectivity index (χ3v) is 9.35. The van der Waals surface area contributed by atoms with E-state index in [1.807, 2.05) is 32.3 Å². The fraction of sp³-hybridized carbons (Fsp3) is 0.621. The van der Waals surface area contributed by atoms with E-state index in [1.165, 1.54) is 12.7 Å². The third kappa shape index (κ3) is 5.99. The number of nitrogen functional groups attached to an aromatic ring is 1. The molecule has 0 bridgehead atoms. The highest BCUT2D eigenvalue weighted by Crippen LogP contribution is 2.48. The molecule has 14 nitrogen and oxygen atoms in total. The fourth-order valence-electron chi connectivity index (χ4n) is 6.87. The number of aromatic nitrogens is 6. The van der Waals surface area contributed by atoms with Crippen LogP contribution in [0.15, 0.2) is 19.0 Å². The number of hydrogen-bond donors (Lipinski definition) is 2. The maximum Gasteiger partial charge on any atom is 0.165 e. The van der Waals surface area contributed by atoms with Crippen molar-refractivity contribution in [1.82, 2.24) is 29.5 Å². The summed E-state index contributed by atoms with van der Waals surface area (Å²) in [5.74, 6) is -1.16. The van der Waals surface area contributed by atoms with Gasteiger partial charge in [-0.3, -0.25) is 9.59 Å². The summed E-state index contributed by atoms with van der Waals surface area (Å²) in [5.41, 5.74) is 7.37. The Labute approximate surface area is 269 Å². The van der Waals surface area contributed by atoms with Gasteiger partial charge in [-0.25, -0.2) is 24.9 Å². The van der Waals surface area contributed by atoms with Crippen molar-refractivity contribution < 1.29 is 28.5 Å². The summed E-state index contributed by atoms with van der Waals surface area (Å²) in [5, 5.41) is 3.73. The highest BCUT2D eigenvalue weighted by atomic mass is 35.5. The molecular weight excluding hydrogens is 627 g/mol. The van der Waals surface area contributed by atoms with Crippen molar-refractivity contribution in [3.63, 3.8) is 0 Å². The lowest BCUT2D eigenvalue weighted by molar-refractivity contribution is -0.162. The Bertz CT molecular complexity index is 1640. The lowest BCUT2D eigenvalue weighted by Crippen LogP contribution is -2.35. The summed E-state index contributed by atoms with van der Waals surface area (Å²) in [6.07, 6.45) is 4.70. The average Bonchev–Trinajstić information content (AvgIpc) is 3.73. The zero-order chi connectivity index (χ0) is 32.4. The van der Waals surface area contributed by atoms with Gasteiger partial charge in [-0.05, 0) is 54.4 Å². The lowest BCUT2D eigenvalue weighted by atomic mass is 10.0. The molecule has 16 heteroatoms. The molecule has 0 aromatic carbocycles. The molecule has 2 saturated carbocycles. The number of nitrogens with zero attached hydrogens (tertiary/aromatic N) is 6. The van der Waals surface area contributed by atoms with Crippen LogP contribution in [0.5, 0.6) is 0 Å². The summed E-state index contributed by atoms with van der Waals surface area (Å²) < 4.78 is 25.8. The largest absolute Gasteiger partial charge is 0.393 e. The zero-order valence-electron chi connectivity index (χ0n) is 25.7. The van der Waals surface area contributed by atoms with Crippen LogP contribution in [0, 0.1) is 11.8 Å². The molecule has 2 aliphatic carbocycles. The molecular formula is C29H36Cl2N8O6. The van der Waals surface area contributed by atoms with E-state index in [9.17, 15) is 9.59 Å². The SMILES string of the molecule is CC(=O)[C@H]1C[C@@H](Nc2ncnc(Cl)c2N)[C@@H]2OC(C)(C)O[C@@H]21.CC(=O)[C@H]1C[C@@H](n2cnc3c(Cl)ncnc32)[C@@H]2OC(C)(C)O[C@@H]21. The number of ketones is 2. The van der Waals surface area contributed by atoms with E-state index in [2.05, 4.69) is 30.2 Å². The molecule has 5 heterocycles. The van der Waals surface area contributed by atoms with Crippen LogP contribution in [0.1, 0.15) is 60.4 Å². The average molecular weight is 664 g/mol. The van der Waals surface area contributed by atoms with Crippen LogP contribution < -0.4 is 11.1 Å². The minimum absolute atomic E-state index is 0.0772. The first-order valence-corrected chi connectivity index (χ1v) is 15.5.